The van der Waals surface area contributed by atoms with Crippen LogP contribution in [0.25, 0.3) is 21.5 Å². The first kappa shape index (κ1) is 41.4. The first-order valence-electron chi connectivity index (χ1n) is 15.6. The normalized spacial score (nSPS) is 11.8. The largest absolute Gasteiger partial charge is 0.360 e. The van der Waals surface area contributed by atoms with Crippen molar-refractivity contribution in [1.82, 2.24) is 31.3 Å². The molecule has 4 N–H and O–H groups in total. The molecule has 0 aromatic heterocycles. The van der Waals surface area contributed by atoms with Gasteiger partial charge in [-0.25, -0.2) is 0 Å². The van der Waals surface area contributed by atoms with E-state index in [-0.39, 0.29) is 24.8 Å². The van der Waals surface area contributed by atoms with Crippen LogP contribution in [0, 0.1) is 0 Å². The molecular formula is C34H52Cl2N8S2. The van der Waals surface area contributed by atoms with E-state index in [0.717, 1.165) is 58.9 Å². The summed E-state index contributed by atoms with van der Waals surface area (Å²) in [5.74, 6) is 0. The van der Waals surface area contributed by atoms with Crippen LogP contribution in [0.4, 0.5) is 0 Å². The predicted molar refractivity (Wildman–Crippen MR) is 213 cm³/mol. The third-order valence-corrected chi connectivity index (χ3v) is 8.17. The number of fused-ring (bicyclic) bond motifs is 2. The summed E-state index contributed by atoms with van der Waals surface area (Å²) in [5, 5.41) is 20.9. The van der Waals surface area contributed by atoms with Gasteiger partial charge in [-0.3, -0.25) is 20.7 Å². The fourth-order valence-electron chi connectivity index (χ4n) is 5.69. The molecule has 12 heteroatoms. The van der Waals surface area contributed by atoms with E-state index < -0.39 is 0 Å². The minimum absolute atomic E-state index is 0. The summed E-state index contributed by atoms with van der Waals surface area (Å²) in [6.45, 7) is 21.0. The summed E-state index contributed by atoms with van der Waals surface area (Å²) in [6.07, 6.45) is 3.70. The van der Waals surface area contributed by atoms with Crippen LogP contribution in [0.3, 0.4) is 0 Å². The van der Waals surface area contributed by atoms with Crippen molar-refractivity contribution in [3.05, 3.63) is 59.7 Å². The molecule has 0 unspecified atom stereocenters. The number of hydrogen-bond acceptors (Lipinski definition) is 6. The van der Waals surface area contributed by atoms with Crippen LogP contribution < -0.4 is 21.5 Å². The first-order valence-corrected chi connectivity index (χ1v) is 16.4. The Labute approximate surface area is 299 Å². The molecule has 0 fully saturated rings. The standard InChI is InChI=1S/C34H50N8S2.2ClH/c1-23(2)41(24(3)4)19-17-35-33(43)39-37-21-31-27-13-9-11-15-29(27)32(30-16-12-10-14-28(30)31)22-38-40-34(44)36-18-20-42(25(5)6)26(7)8;;/h9-16,21-26H,17-20H2,1-8H3,(H2,35,39,43)(H2,36,40,44);2*1H/b37-21+,38-22+;;. The fraction of sp³-hybridized carbons (Fsp3) is 0.471. The molecule has 3 aromatic rings. The number of thiocarbonyl (C=S) groups is 2. The average Bonchev–Trinajstić information content (AvgIpc) is 2.97. The second kappa shape index (κ2) is 20.6. The van der Waals surface area contributed by atoms with E-state index in [1.54, 1.807) is 0 Å². The number of hydrogen-bond donors (Lipinski definition) is 4. The van der Waals surface area contributed by atoms with Crippen molar-refractivity contribution in [3.63, 3.8) is 0 Å². The minimum atomic E-state index is 0. The van der Waals surface area contributed by atoms with Gasteiger partial charge in [0.15, 0.2) is 10.2 Å². The number of halogens is 2. The van der Waals surface area contributed by atoms with Crippen LogP contribution in [-0.4, -0.2) is 82.8 Å². The molecule has 0 heterocycles. The van der Waals surface area contributed by atoms with Gasteiger partial charge >= 0.3 is 0 Å². The molecule has 0 atom stereocenters. The lowest BCUT2D eigenvalue weighted by Gasteiger charge is -2.30. The number of nitrogens with zero attached hydrogens (tertiary/aromatic N) is 4. The van der Waals surface area contributed by atoms with Gasteiger partial charge in [-0.2, -0.15) is 10.2 Å². The maximum absolute atomic E-state index is 5.50. The van der Waals surface area contributed by atoms with Crippen molar-refractivity contribution < 1.29 is 0 Å². The van der Waals surface area contributed by atoms with Gasteiger partial charge in [0, 0.05) is 61.5 Å². The Morgan fingerprint density at radius 1 is 0.587 bits per heavy atom. The summed E-state index contributed by atoms with van der Waals surface area (Å²) in [6, 6.07) is 18.5. The number of rotatable bonds is 14. The smallest absolute Gasteiger partial charge is 0.187 e. The highest BCUT2D eigenvalue weighted by molar-refractivity contribution is 7.80. The molecule has 0 spiro atoms. The Bertz CT molecular complexity index is 1280. The van der Waals surface area contributed by atoms with Crippen molar-refractivity contribution in [2.75, 3.05) is 26.2 Å². The summed E-state index contributed by atoms with van der Waals surface area (Å²) in [4.78, 5) is 4.85. The molecule has 3 aromatic carbocycles. The highest BCUT2D eigenvalue weighted by Crippen LogP contribution is 2.31. The maximum atomic E-state index is 5.50. The molecule has 8 nitrogen and oxygen atoms in total. The van der Waals surface area contributed by atoms with Gasteiger partial charge in [-0.05, 0) is 101 Å². The molecule has 254 valence electrons. The highest BCUT2D eigenvalue weighted by Gasteiger charge is 2.14. The summed E-state index contributed by atoms with van der Waals surface area (Å²) >= 11 is 11.0. The molecule has 0 bridgehead atoms. The molecule has 0 aliphatic heterocycles. The monoisotopic (exact) mass is 706 g/mol. The second-order valence-electron chi connectivity index (χ2n) is 12.0. The van der Waals surface area contributed by atoms with E-state index in [1.165, 1.54) is 0 Å². The van der Waals surface area contributed by atoms with Crippen LogP contribution in [0.2, 0.25) is 0 Å². The summed E-state index contributed by atoms with van der Waals surface area (Å²) in [5.41, 5.74) is 8.03. The van der Waals surface area contributed by atoms with Gasteiger partial charge in [-0.1, -0.05) is 48.5 Å². The van der Waals surface area contributed by atoms with E-state index >= 15 is 0 Å². The molecule has 0 aliphatic carbocycles. The molecular weight excluding hydrogens is 655 g/mol. The van der Waals surface area contributed by atoms with Crippen LogP contribution >= 0.6 is 49.2 Å². The van der Waals surface area contributed by atoms with Crippen LogP contribution in [-0.2, 0) is 0 Å². The SMILES string of the molecule is CC(C)N(CCNC(=S)N/N=C/c1c2ccccc2c(/C=N/NC(=S)NCCN(C(C)C)C(C)C)c2ccccc12)C(C)C.Cl.Cl. The van der Waals surface area contributed by atoms with Gasteiger partial charge in [0.2, 0.25) is 0 Å². The number of hydrazone groups is 2. The number of nitrogens with one attached hydrogen (secondary N) is 4. The quantitative estimate of drug-likeness (QED) is 0.0641. The fourth-order valence-corrected chi connectivity index (χ4v) is 6.00. The van der Waals surface area contributed by atoms with Gasteiger partial charge in [0.25, 0.3) is 0 Å². The second-order valence-corrected chi connectivity index (χ2v) is 12.8. The zero-order valence-corrected chi connectivity index (χ0v) is 31.6. The zero-order chi connectivity index (χ0) is 32.2. The Morgan fingerprint density at radius 3 is 1.13 bits per heavy atom. The third-order valence-electron chi connectivity index (χ3n) is 7.70. The maximum Gasteiger partial charge on any atom is 0.187 e. The lowest BCUT2D eigenvalue weighted by Crippen LogP contribution is -2.43. The lowest BCUT2D eigenvalue weighted by atomic mass is 9.92. The zero-order valence-electron chi connectivity index (χ0n) is 28.3. The number of benzene rings is 3. The lowest BCUT2D eigenvalue weighted by molar-refractivity contribution is 0.178. The van der Waals surface area contributed by atoms with Gasteiger partial charge in [0.1, 0.15) is 0 Å². The average molecular weight is 708 g/mol. The molecule has 0 aliphatic rings. The Hall–Kier alpha value is -2.60. The summed E-state index contributed by atoms with van der Waals surface area (Å²) in [7, 11) is 0. The van der Waals surface area contributed by atoms with E-state index in [9.17, 15) is 0 Å². The minimum Gasteiger partial charge on any atom is -0.360 e. The van der Waals surface area contributed by atoms with E-state index in [2.05, 4.69) is 121 Å². The van der Waals surface area contributed by atoms with Crippen molar-refractivity contribution in [1.29, 1.82) is 0 Å². The Kier molecular flexibility index (Phi) is 18.5. The molecule has 0 radical (unpaired) electrons. The van der Waals surface area contributed by atoms with E-state index in [4.69, 9.17) is 24.4 Å². The Balaban J connectivity index is 0.00000529. The van der Waals surface area contributed by atoms with Crippen LogP contribution in [0.5, 0.6) is 0 Å². The first-order chi connectivity index (χ1) is 21.0. The molecule has 0 amide bonds. The van der Waals surface area contributed by atoms with Gasteiger partial charge in [-0.15, -0.1) is 24.8 Å². The molecule has 0 saturated carbocycles. The molecule has 3 rings (SSSR count). The molecule has 0 saturated heterocycles. The summed E-state index contributed by atoms with van der Waals surface area (Å²) < 4.78 is 0. The van der Waals surface area contributed by atoms with Gasteiger partial charge in [0.05, 0.1) is 12.4 Å². The van der Waals surface area contributed by atoms with E-state index in [0.29, 0.717) is 34.4 Å². The third kappa shape index (κ3) is 11.9. The van der Waals surface area contributed by atoms with E-state index in [1.807, 2.05) is 36.7 Å². The van der Waals surface area contributed by atoms with Crippen molar-refractivity contribution in [2.24, 2.45) is 10.2 Å². The van der Waals surface area contributed by atoms with Gasteiger partial charge < -0.3 is 10.6 Å². The predicted octanol–water partition coefficient (Wildman–Crippen LogP) is 6.67. The van der Waals surface area contributed by atoms with Crippen LogP contribution in [0.15, 0.2) is 58.7 Å². The molecule has 46 heavy (non-hydrogen) atoms. The van der Waals surface area contributed by atoms with Crippen molar-refractivity contribution >= 4 is 93.4 Å². The topological polar surface area (TPSA) is 79.3 Å². The van der Waals surface area contributed by atoms with Crippen LogP contribution in [0.1, 0.15) is 66.5 Å². The van der Waals surface area contributed by atoms with Crippen molar-refractivity contribution in [2.45, 2.75) is 79.6 Å². The van der Waals surface area contributed by atoms with Crippen molar-refractivity contribution in [3.8, 4) is 0 Å². The highest BCUT2D eigenvalue weighted by atomic mass is 35.5. The Morgan fingerprint density at radius 2 is 0.870 bits per heavy atom.